The molecule has 2 N–H and O–H groups in total. The highest BCUT2D eigenvalue weighted by Gasteiger charge is 2.14. The maximum absolute atomic E-state index is 12.1. The highest BCUT2D eigenvalue weighted by atomic mass is 16.1. The Kier molecular flexibility index (Phi) is 6.33. The normalized spacial score (nSPS) is 10.6. The number of rotatable bonds is 7. The second-order valence-electron chi connectivity index (χ2n) is 6.29. The monoisotopic (exact) mass is 341 g/mol. The van der Waals surface area contributed by atoms with Crippen molar-refractivity contribution in [3.8, 4) is 0 Å². The van der Waals surface area contributed by atoms with E-state index in [4.69, 9.17) is 0 Å². The van der Waals surface area contributed by atoms with E-state index in [1.54, 1.807) is 0 Å². The minimum absolute atomic E-state index is 0.0583. The van der Waals surface area contributed by atoms with Gasteiger partial charge in [-0.3, -0.25) is 4.79 Å². The van der Waals surface area contributed by atoms with Crippen LogP contribution in [0.3, 0.4) is 0 Å². The Balaban J connectivity index is 2.07. The molecule has 1 aromatic carbocycles. The van der Waals surface area contributed by atoms with Crippen LogP contribution in [0.5, 0.6) is 0 Å². The number of carbonyl (C=O) groups excluding carboxylic acids is 1. The maximum Gasteiger partial charge on any atom is 0.229 e. The Hall–Kier alpha value is -2.63. The van der Waals surface area contributed by atoms with E-state index < -0.39 is 0 Å². The molecule has 6 heteroatoms. The van der Waals surface area contributed by atoms with Gasteiger partial charge in [-0.25, -0.2) is 4.98 Å². The molecule has 0 bridgehead atoms. The van der Waals surface area contributed by atoms with Crippen LogP contribution >= 0.6 is 0 Å². The number of amides is 1. The third-order valence-electron chi connectivity index (χ3n) is 4.06. The third kappa shape index (κ3) is 5.17. The Morgan fingerprint density at radius 2 is 1.68 bits per heavy atom. The number of nitrogens with one attached hydrogen (secondary N) is 2. The van der Waals surface area contributed by atoms with Crippen LogP contribution in [0, 0.1) is 12.8 Å². The molecule has 2 aromatic rings. The summed E-state index contributed by atoms with van der Waals surface area (Å²) in [6.45, 7) is 6.01. The summed E-state index contributed by atoms with van der Waals surface area (Å²) in [6.07, 6.45) is 1.70. The van der Waals surface area contributed by atoms with Crippen LogP contribution in [0.25, 0.3) is 0 Å². The van der Waals surface area contributed by atoms with Gasteiger partial charge < -0.3 is 15.5 Å². The largest absolute Gasteiger partial charge is 0.363 e. The third-order valence-corrected chi connectivity index (χ3v) is 4.06. The van der Waals surface area contributed by atoms with Gasteiger partial charge in [-0.05, 0) is 44.0 Å². The highest BCUT2D eigenvalue weighted by molar-refractivity contribution is 5.92. The topological polar surface area (TPSA) is 70.2 Å². The number of aromatic nitrogens is 2. The van der Waals surface area contributed by atoms with E-state index in [1.165, 1.54) is 0 Å². The molecule has 134 valence electrons. The van der Waals surface area contributed by atoms with Gasteiger partial charge in [0.05, 0.1) is 0 Å². The molecule has 0 aliphatic heterocycles. The first kappa shape index (κ1) is 18.7. The van der Waals surface area contributed by atoms with E-state index >= 15 is 0 Å². The molecule has 6 nitrogen and oxygen atoms in total. The Bertz CT molecular complexity index is 708. The number of nitrogens with zero attached hydrogens (tertiary/aromatic N) is 3. The average molecular weight is 341 g/mol. The predicted molar refractivity (Wildman–Crippen MR) is 104 cm³/mol. The minimum atomic E-state index is 0.0583. The first-order chi connectivity index (χ1) is 11.9. The summed E-state index contributed by atoms with van der Waals surface area (Å²) >= 11 is 0. The summed E-state index contributed by atoms with van der Waals surface area (Å²) in [5.74, 6) is 1.54. The molecule has 1 amide bonds. The molecule has 0 fully saturated rings. The Morgan fingerprint density at radius 3 is 2.24 bits per heavy atom. The maximum atomic E-state index is 12.1. The van der Waals surface area contributed by atoms with E-state index in [9.17, 15) is 4.79 Å². The first-order valence-electron chi connectivity index (χ1n) is 8.63. The van der Waals surface area contributed by atoms with Crippen molar-refractivity contribution in [2.24, 2.45) is 5.92 Å². The van der Waals surface area contributed by atoms with Crippen LogP contribution in [-0.2, 0) is 4.79 Å². The van der Waals surface area contributed by atoms with Crippen molar-refractivity contribution in [3.05, 3.63) is 36.0 Å². The van der Waals surface area contributed by atoms with Gasteiger partial charge in [0.25, 0.3) is 0 Å². The Labute approximate surface area is 149 Å². The van der Waals surface area contributed by atoms with Gasteiger partial charge in [-0.1, -0.05) is 13.8 Å². The van der Waals surface area contributed by atoms with Crippen LogP contribution in [0.15, 0.2) is 30.3 Å². The second kappa shape index (κ2) is 8.46. The Morgan fingerprint density at radius 1 is 1.08 bits per heavy atom. The van der Waals surface area contributed by atoms with Gasteiger partial charge >= 0.3 is 0 Å². The number of anilines is 4. The van der Waals surface area contributed by atoms with Gasteiger partial charge in [0.15, 0.2) is 0 Å². The molecule has 0 spiro atoms. The predicted octanol–water partition coefficient (Wildman–Crippen LogP) is 3.97. The lowest BCUT2D eigenvalue weighted by molar-refractivity contribution is -0.120. The quantitative estimate of drug-likeness (QED) is 0.797. The number of benzene rings is 1. The number of hydrogen-bond donors (Lipinski definition) is 2. The van der Waals surface area contributed by atoms with E-state index in [0.717, 1.165) is 35.7 Å². The summed E-state index contributed by atoms with van der Waals surface area (Å²) < 4.78 is 0. The second-order valence-corrected chi connectivity index (χ2v) is 6.29. The van der Waals surface area contributed by atoms with Crippen molar-refractivity contribution in [3.63, 3.8) is 0 Å². The average Bonchev–Trinajstić information content (AvgIpc) is 2.57. The fourth-order valence-electron chi connectivity index (χ4n) is 2.51. The van der Waals surface area contributed by atoms with E-state index in [1.807, 2.05) is 70.1 Å². The lowest BCUT2D eigenvalue weighted by atomic mass is 10.0. The minimum Gasteiger partial charge on any atom is -0.363 e. The highest BCUT2D eigenvalue weighted by Crippen LogP contribution is 2.20. The van der Waals surface area contributed by atoms with Gasteiger partial charge in [0, 0.05) is 43.1 Å². The molecular weight excluding hydrogens is 314 g/mol. The van der Waals surface area contributed by atoms with Crippen LogP contribution in [0.4, 0.5) is 23.1 Å². The molecular formula is C19H27N5O. The number of carbonyl (C=O) groups is 1. The molecule has 0 unspecified atom stereocenters. The van der Waals surface area contributed by atoms with Crippen molar-refractivity contribution in [1.29, 1.82) is 0 Å². The fourth-order valence-corrected chi connectivity index (χ4v) is 2.51. The fraction of sp³-hybridized carbons (Fsp3) is 0.421. The van der Waals surface area contributed by atoms with Crippen LogP contribution in [0.2, 0.25) is 0 Å². The smallest absolute Gasteiger partial charge is 0.229 e. The van der Waals surface area contributed by atoms with Crippen molar-refractivity contribution in [1.82, 2.24) is 9.97 Å². The van der Waals surface area contributed by atoms with Crippen LogP contribution in [-0.4, -0.2) is 30.0 Å². The summed E-state index contributed by atoms with van der Waals surface area (Å²) in [6, 6.07) is 9.51. The summed E-state index contributed by atoms with van der Waals surface area (Å²) in [5, 5.41) is 6.17. The van der Waals surface area contributed by atoms with Crippen molar-refractivity contribution < 1.29 is 4.79 Å². The van der Waals surface area contributed by atoms with Gasteiger partial charge in [0.2, 0.25) is 11.9 Å². The van der Waals surface area contributed by atoms with Crippen LogP contribution in [0.1, 0.15) is 32.4 Å². The standard InChI is InChI=1S/C19H27N5O/c1-6-14(7-2)18(25)21-15-8-10-16(11-9-15)22-19-20-13(3)12-17(23-19)24(4)5/h8-12,14H,6-7H2,1-5H3,(H,21,25)(H,20,22,23). The molecule has 0 atom stereocenters. The number of hydrogen-bond acceptors (Lipinski definition) is 5. The zero-order valence-electron chi connectivity index (χ0n) is 15.6. The van der Waals surface area contributed by atoms with Crippen molar-refractivity contribution >= 4 is 29.0 Å². The van der Waals surface area contributed by atoms with E-state index in [0.29, 0.717) is 5.95 Å². The first-order valence-corrected chi connectivity index (χ1v) is 8.63. The van der Waals surface area contributed by atoms with Crippen molar-refractivity contribution in [2.75, 3.05) is 29.6 Å². The molecule has 0 radical (unpaired) electrons. The van der Waals surface area contributed by atoms with E-state index in [-0.39, 0.29) is 11.8 Å². The summed E-state index contributed by atoms with van der Waals surface area (Å²) in [4.78, 5) is 23.0. The van der Waals surface area contributed by atoms with Crippen molar-refractivity contribution in [2.45, 2.75) is 33.6 Å². The van der Waals surface area contributed by atoms with E-state index in [2.05, 4.69) is 20.6 Å². The molecule has 2 rings (SSSR count). The lowest BCUT2D eigenvalue weighted by Crippen LogP contribution is -2.21. The zero-order chi connectivity index (χ0) is 18.4. The van der Waals surface area contributed by atoms with Gasteiger partial charge in [-0.2, -0.15) is 4.98 Å². The molecule has 0 aliphatic carbocycles. The molecule has 1 heterocycles. The molecule has 0 saturated carbocycles. The zero-order valence-corrected chi connectivity index (χ0v) is 15.6. The van der Waals surface area contributed by atoms with Gasteiger partial charge in [-0.15, -0.1) is 0 Å². The molecule has 1 aromatic heterocycles. The molecule has 25 heavy (non-hydrogen) atoms. The van der Waals surface area contributed by atoms with Crippen LogP contribution < -0.4 is 15.5 Å². The summed E-state index contributed by atoms with van der Waals surface area (Å²) in [5.41, 5.74) is 2.56. The SMILES string of the molecule is CCC(CC)C(=O)Nc1ccc(Nc2nc(C)cc(N(C)C)n2)cc1. The summed E-state index contributed by atoms with van der Waals surface area (Å²) in [7, 11) is 3.89. The lowest BCUT2D eigenvalue weighted by Gasteiger charge is -2.14. The number of aryl methyl sites for hydroxylation is 1. The molecule has 0 aliphatic rings. The van der Waals surface area contributed by atoms with Gasteiger partial charge in [0.1, 0.15) is 5.82 Å². The molecule has 0 saturated heterocycles.